The molecule has 2 unspecified atom stereocenters. The van der Waals surface area contributed by atoms with Gasteiger partial charge in [0.1, 0.15) is 6.10 Å². The van der Waals surface area contributed by atoms with Gasteiger partial charge in [-0.3, -0.25) is 13.8 Å². The van der Waals surface area contributed by atoms with E-state index in [2.05, 4.69) is 62.5 Å². The van der Waals surface area contributed by atoms with Crippen LogP contribution in [0.3, 0.4) is 0 Å². The highest BCUT2D eigenvalue weighted by Crippen LogP contribution is 2.43. The number of unbranched alkanes of at least 4 members (excludes halogenated alkanes) is 23. The fourth-order valence-electron chi connectivity index (χ4n) is 6.36. The van der Waals surface area contributed by atoms with Crippen LogP contribution in [0.15, 0.2) is 48.6 Å². The van der Waals surface area contributed by atoms with Crippen molar-refractivity contribution in [3.63, 3.8) is 0 Å². The van der Waals surface area contributed by atoms with E-state index >= 15 is 0 Å². The predicted octanol–water partition coefficient (Wildman–Crippen LogP) is 14.0. The Morgan fingerprint density at radius 2 is 1.00 bits per heavy atom. The largest absolute Gasteiger partial charge is 0.472 e. The van der Waals surface area contributed by atoms with E-state index in [1.807, 2.05) is 0 Å². The van der Waals surface area contributed by atoms with E-state index in [4.69, 9.17) is 24.3 Å². The van der Waals surface area contributed by atoms with Crippen LogP contribution in [-0.4, -0.2) is 49.9 Å². The first-order valence-electron chi connectivity index (χ1n) is 23.1. The number of phosphoric acid groups is 1. The Bertz CT molecular complexity index is 999. The molecule has 56 heavy (non-hydrogen) atoms. The molecule has 0 spiro atoms. The van der Waals surface area contributed by atoms with Crippen molar-refractivity contribution in [1.29, 1.82) is 0 Å². The van der Waals surface area contributed by atoms with Gasteiger partial charge in [-0.05, 0) is 70.6 Å². The molecule has 0 aromatic rings. The first-order chi connectivity index (χ1) is 27.4. The summed E-state index contributed by atoms with van der Waals surface area (Å²) >= 11 is 0. The van der Waals surface area contributed by atoms with Crippen LogP contribution in [-0.2, 0) is 27.9 Å². The second kappa shape index (κ2) is 44.6. The molecule has 0 aromatic heterocycles. The molecular weight excluding hydrogens is 721 g/mol. The van der Waals surface area contributed by atoms with Crippen LogP contribution in [0.1, 0.15) is 206 Å². The van der Waals surface area contributed by atoms with Gasteiger partial charge in [0.2, 0.25) is 0 Å². The summed E-state index contributed by atoms with van der Waals surface area (Å²) in [5.41, 5.74) is 5.38. The van der Waals surface area contributed by atoms with E-state index < -0.39 is 13.9 Å². The standard InChI is InChI=1S/C47H88NO7P/c1-3-5-7-9-11-13-15-17-19-21-22-23-25-27-29-31-33-35-37-39-42-52-44-46(45-54-56(50,51)53-43-41-48)55-47(49)40-38-36-34-32-30-28-26-24-20-18-16-14-12-10-8-6-4-2/h6,8,12,14,17-20,46H,3-5,7,9-11,13,15-16,21-45,48H2,1-2H3,(H,50,51)/b8-6-,14-12-,19-17-,20-18-. The number of ether oxygens (including phenoxy) is 2. The van der Waals surface area contributed by atoms with Crippen LogP contribution in [0, 0.1) is 0 Å². The SMILES string of the molecule is CC/C=C\C/C=C\C/C=C\CCCCCCCCCC(=O)OC(COCCCCCCCCCCCC/C=C\CCCCCCCC)COP(=O)(O)OCCN. The summed E-state index contributed by atoms with van der Waals surface area (Å²) in [6.07, 6.45) is 52.7. The monoisotopic (exact) mass is 810 g/mol. The molecule has 3 N–H and O–H groups in total. The maximum atomic E-state index is 12.6. The minimum Gasteiger partial charge on any atom is -0.457 e. The van der Waals surface area contributed by atoms with E-state index in [0.717, 1.165) is 57.8 Å². The minimum atomic E-state index is -4.28. The molecule has 0 aromatic carbocycles. The number of phosphoric ester groups is 1. The Kier molecular flexibility index (Phi) is 43.3. The fourth-order valence-corrected chi connectivity index (χ4v) is 7.12. The van der Waals surface area contributed by atoms with Crippen molar-refractivity contribution in [3.05, 3.63) is 48.6 Å². The zero-order chi connectivity index (χ0) is 40.9. The van der Waals surface area contributed by atoms with Crippen molar-refractivity contribution < 1.29 is 32.8 Å². The van der Waals surface area contributed by atoms with E-state index in [1.165, 1.54) is 128 Å². The number of allylic oxidation sites excluding steroid dienone is 8. The van der Waals surface area contributed by atoms with Crippen LogP contribution >= 0.6 is 7.82 Å². The quantitative estimate of drug-likeness (QED) is 0.0270. The normalized spacial score (nSPS) is 13.9. The molecule has 0 heterocycles. The third kappa shape index (κ3) is 43.6. The van der Waals surface area contributed by atoms with Gasteiger partial charge in [-0.1, -0.05) is 178 Å². The Labute approximate surface area is 345 Å². The van der Waals surface area contributed by atoms with Gasteiger partial charge in [-0.25, -0.2) is 4.57 Å². The van der Waals surface area contributed by atoms with Gasteiger partial charge in [0, 0.05) is 19.6 Å². The number of carbonyl (C=O) groups is 1. The number of esters is 1. The summed E-state index contributed by atoms with van der Waals surface area (Å²) in [7, 11) is -4.28. The molecule has 0 bridgehead atoms. The van der Waals surface area contributed by atoms with Gasteiger partial charge in [-0.2, -0.15) is 0 Å². The Morgan fingerprint density at radius 3 is 1.52 bits per heavy atom. The molecule has 0 rings (SSSR count). The molecule has 0 aliphatic heterocycles. The van der Waals surface area contributed by atoms with Crippen LogP contribution < -0.4 is 5.73 Å². The van der Waals surface area contributed by atoms with Crippen molar-refractivity contribution in [2.24, 2.45) is 5.73 Å². The van der Waals surface area contributed by atoms with Gasteiger partial charge < -0.3 is 20.1 Å². The molecular formula is C47H88NO7P. The third-order valence-corrected chi connectivity index (χ3v) is 10.7. The summed E-state index contributed by atoms with van der Waals surface area (Å²) in [6.45, 7) is 4.81. The number of hydrogen-bond acceptors (Lipinski definition) is 7. The summed E-state index contributed by atoms with van der Waals surface area (Å²) in [4.78, 5) is 22.5. The maximum Gasteiger partial charge on any atom is 0.472 e. The molecule has 2 atom stereocenters. The molecule has 0 saturated heterocycles. The Hall–Kier alpha value is -1.54. The van der Waals surface area contributed by atoms with E-state index in [-0.39, 0.29) is 32.3 Å². The summed E-state index contributed by atoms with van der Waals surface area (Å²) in [6, 6.07) is 0. The zero-order valence-electron chi connectivity index (χ0n) is 36.4. The Morgan fingerprint density at radius 1 is 0.554 bits per heavy atom. The van der Waals surface area contributed by atoms with Crippen molar-refractivity contribution in [2.45, 2.75) is 213 Å². The topological polar surface area (TPSA) is 117 Å². The number of rotatable bonds is 44. The lowest BCUT2D eigenvalue weighted by molar-refractivity contribution is -0.154. The van der Waals surface area contributed by atoms with Crippen LogP contribution in [0.5, 0.6) is 0 Å². The lowest BCUT2D eigenvalue weighted by Crippen LogP contribution is -2.28. The van der Waals surface area contributed by atoms with Gasteiger partial charge in [0.15, 0.2) is 0 Å². The molecule has 328 valence electrons. The highest BCUT2D eigenvalue weighted by molar-refractivity contribution is 7.47. The van der Waals surface area contributed by atoms with Gasteiger partial charge in [-0.15, -0.1) is 0 Å². The van der Waals surface area contributed by atoms with E-state index in [1.54, 1.807) is 0 Å². The van der Waals surface area contributed by atoms with Crippen molar-refractivity contribution in [2.75, 3.05) is 33.0 Å². The summed E-state index contributed by atoms with van der Waals surface area (Å²) in [5, 5.41) is 0. The molecule has 0 aliphatic carbocycles. The van der Waals surface area contributed by atoms with Gasteiger partial charge in [0.05, 0.1) is 19.8 Å². The van der Waals surface area contributed by atoms with Crippen LogP contribution in [0.2, 0.25) is 0 Å². The second-order valence-corrected chi connectivity index (χ2v) is 16.7. The molecule has 0 amide bonds. The lowest BCUT2D eigenvalue weighted by atomic mass is 10.1. The van der Waals surface area contributed by atoms with Gasteiger partial charge >= 0.3 is 13.8 Å². The highest BCUT2D eigenvalue weighted by Gasteiger charge is 2.25. The first kappa shape index (κ1) is 54.5. The zero-order valence-corrected chi connectivity index (χ0v) is 37.3. The maximum absolute atomic E-state index is 12.6. The van der Waals surface area contributed by atoms with Crippen molar-refractivity contribution >= 4 is 13.8 Å². The molecule has 9 heteroatoms. The minimum absolute atomic E-state index is 0.0973. The average Bonchev–Trinajstić information content (AvgIpc) is 3.19. The van der Waals surface area contributed by atoms with Crippen molar-refractivity contribution in [3.8, 4) is 0 Å². The highest BCUT2D eigenvalue weighted by atomic mass is 31.2. The second-order valence-electron chi connectivity index (χ2n) is 15.2. The third-order valence-electron chi connectivity index (χ3n) is 9.73. The van der Waals surface area contributed by atoms with Crippen LogP contribution in [0.25, 0.3) is 0 Å². The number of nitrogens with two attached hydrogens (primary N) is 1. The lowest BCUT2D eigenvalue weighted by Gasteiger charge is -2.20. The average molecular weight is 810 g/mol. The van der Waals surface area contributed by atoms with E-state index in [0.29, 0.717) is 13.0 Å². The number of carbonyl (C=O) groups excluding carboxylic acids is 1. The molecule has 0 fully saturated rings. The van der Waals surface area contributed by atoms with Crippen molar-refractivity contribution in [1.82, 2.24) is 0 Å². The molecule has 0 aliphatic rings. The smallest absolute Gasteiger partial charge is 0.457 e. The molecule has 0 radical (unpaired) electrons. The fraction of sp³-hybridized carbons (Fsp3) is 0.809. The molecule has 8 nitrogen and oxygen atoms in total. The van der Waals surface area contributed by atoms with Gasteiger partial charge in [0.25, 0.3) is 0 Å². The Balaban J connectivity index is 4.00. The number of hydrogen-bond donors (Lipinski definition) is 2. The summed E-state index contributed by atoms with van der Waals surface area (Å²) < 4.78 is 33.5. The molecule has 0 saturated carbocycles. The summed E-state index contributed by atoms with van der Waals surface area (Å²) in [5.74, 6) is -0.340. The first-order valence-corrected chi connectivity index (χ1v) is 24.6. The van der Waals surface area contributed by atoms with Crippen LogP contribution in [0.4, 0.5) is 0 Å². The predicted molar refractivity (Wildman–Crippen MR) is 238 cm³/mol. The van der Waals surface area contributed by atoms with E-state index in [9.17, 15) is 14.3 Å².